The summed E-state index contributed by atoms with van der Waals surface area (Å²) in [5.74, 6) is -1.38. The third-order valence-corrected chi connectivity index (χ3v) is 5.78. The molecule has 1 aliphatic heterocycles. The lowest BCUT2D eigenvalue weighted by Gasteiger charge is -2.25. The molecule has 0 radical (unpaired) electrons. The van der Waals surface area contributed by atoms with Gasteiger partial charge in [0.1, 0.15) is 17.6 Å². The average Bonchev–Trinajstić information content (AvgIpc) is 3.09. The SMILES string of the molecule is COc1cccc(N2C(=O)C(=O)/C(=C(/O)c3cc(Cl)c(OC)c(Cl)c3)C2c2ccccn2)c1. The molecule has 1 unspecified atom stereocenters. The maximum atomic E-state index is 13.2. The number of aromatic nitrogens is 1. The van der Waals surface area contributed by atoms with Gasteiger partial charge in [-0.3, -0.25) is 19.5 Å². The van der Waals surface area contributed by atoms with Gasteiger partial charge in [-0.2, -0.15) is 0 Å². The van der Waals surface area contributed by atoms with Gasteiger partial charge in [0.15, 0.2) is 5.75 Å². The van der Waals surface area contributed by atoms with Crippen molar-refractivity contribution < 1.29 is 24.2 Å². The Hall–Kier alpha value is -3.55. The first-order chi connectivity index (χ1) is 15.9. The highest BCUT2D eigenvalue weighted by atomic mass is 35.5. The van der Waals surface area contributed by atoms with E-state index in [9.17, 15) is 14.7 Å². The number of anilines is 1. The van der Waals surface area contributed by atoms with Crippen LogP contribution in [0.15, 0.2) is 66.4 Å². The van der Waals surface area contributed by atoms with Gasteiger partial charge >= 0.3 is 0 Å². The lowest BCUT2D eigenvalue weighted by atomic mass is 9.98. The van der Waals surface area contributed by atoms with E-state index in [1.54, 1.807) is 48.7 Å². The molecule has 0 bridgehead atoms. The first-order valence-electron chi connectivity index (χ1n) is 9.76. The highest BCUT2D eigenvalue weighted by Gasteiger charge is 2.47. The number of carbonyl (C=O) groups is 2. The molecule has 1 fully saturated rings. The van der Waals surface area contributed by atoms with Crippen molar-refractivity contribution in [2.75, 3.05) is 19.1 Å². The van der Waals surface area contributed by atoms with E-state index in [1.165, 1.54) is 31.3 Å². The van der Waals surface area contributed by atoms with E-state index >= 15 is 0 Å². The van der Waals surface area contributed by atoms with Crippen LogP contribution >= 0.6 is 23.2 Å². The Balaban J connectivity index is 1.95. The Morgan fingerprint density at radius 1 is 1.00 bits per heavy atom. The number of carbonyl (C=O) groups excluding carboxylic acids is 2. The van der Waals surface area contributed by atoms with E-state index in [1.807, 2.05) is 0 Å². The number of methoxy groups -OCH3 is 2. The van der Waals surface area contributed by atoms with Crippen LogP contribution in [-0.2, 0) is 9.59 Å². The highest BCUT2D eigenvalue weighted by molar-refractivity contribution is 6.51. The molecule has 1 aromatic heterocycles. The zero-order valence-electron chi connectivity index (χ0n) is 17.6. The molecule has 1 N–H and O–H groups in total. The molecule has 33 heavy (non-hydrogen) atoms. The zero-order chi connectivity index (χ0) is 23.7. The summed E-state index contributed by atoms with van der Waals surface area (Å²) in [6.45, 7) is 0. The van der Waals surface area contributed by atoms with Gasteiger partial charge in [0.05, 0.1) is 35.5 Å². The number of nitrogens with zero attached hydrogens (tertiary/aromatic N) is 2. The molecule has 1 saturated heterocycles. The third kappa shape index (κ3) is 4.01. The van der Waals surface area contributed by atoms with E-state index in [-0.39, 0.29) is 26.9 Å². The van der Waals surface area contributed by atoms with E-state index in [0.717, 1.165) is 0 Å². The molecule has 7 nitrogen and oxygen atoms in total. The van der Waals surface area contributed by atoms with Crippen LogP contribution in [0.1, 0.15) is 17.3 Å². The number of hydrogen-bond donors (Lipinski definition) is 1. The van der Waals surface area contributed by atoms with Crippen LogP contribution in [0, 0.1) is 0 Å². The van der Waals surface area contributed by atoms with Crippen molar-refractivity contribution in [2.24, 2.45) is 0 Å². The Kier molecular flexibility index (Phi) is 6.26. The molecular weight excluding hydrogens is 467 g/mol. The Labute approximate surface area is 199 Å². The minimum absolute atomic E-state index is 0.140. The Bertz CT molecular complexity index is 1250. The summed E-state index contributed by atoms with van der Waals surface area (Å²) >= 11 is 12.5. The lowest BCUT2D eigenvalue weighted by Crippen LogP contribution is -2.29. The molecule has 2 heterocycles. The number of aliphatic hydroxyl groups is 1. The van der Waals surface area contributed by atoms with Crippen LogP contribution in [-0.4, -0.2) is 36.0 Å². The molecule has 1 aliphatic rings. The molecule has 1 atom stereocenters. The number of ether oxygens (including phenoxy) is 2. The molecule has 3 aromatic rings. The quantitative estimate of drug-likeness (QED) is 0.310. The van der Waals surface area contributed by atoms with Gasteiger partial charge in [0.2, 0.25) is 0 Å². The van der Waals surface area contributed by atoms with E-state index < -0.39 is 23.5 Å². The fourth-order valence-electron chi connectivity index (χ4n) is 3.72. The van der Waals surface area contributed by atoms with Crippen molar-refractivity contribution in [3.63, 3.8) is 0 Å². The number of benzene rings is 2. The minimum Gasteiger partial charge on any atom is -0.507 e. The van der Waals surface area contributed by atoms with Gasteiger partial charge in [0.25, 0.3) is 11.7 Å². The van der Waals surface area contributed by atoms with Crippen LogP contribution < -0.4 is 14.4 Å². The molecule has 168 valence electrons. The molecular formula is C24H18Cl2N2O5. The van der Waals surface area contributed by atoms with E-state index in [4.69, 9.17) is 32.7 Å². The predicted molar refractivity (Wildman–Crippen MR) is 125 cm³/mol. The Morgan fingerprint density at radius 2 is 1.73 bits per heavy atom. The number of aliphatic hydroxyl groups excluding tert-OH is 1. The van der Waals surface area contributed by atoms with E-state index in [2.05, 4.69) is 4.98 Å². The number of hydrogen-bond acceptors (Lipinski definition) is 6. The number of rotatable bonds is 5. The summed E-state index contributed by atoms with van der Waals surface area (Å²) in [5, 5.41) is 11.5. The van der Waals surface area contributed by atoms with Gasteiger partial charge in [0, 0.05) is 23.5 Å². The monoisotopic (exact) mass is 484 g/mol. The smallest absolute Gasteiger partial charge is 0.300 e. The van der Waals surface area contributed by atoms with Crippen LogP contribution in [0.25, 0.3) is 5.76 Å². The normalized spacial score (nSPS) is 17.3. The fourth-order valence-corrected chi connectivity index (χ4v) is 4.37. The molecule has 0 aliphatic carbocycles. The van der Waals surface area contributed by atoms with Gasteiger partial charge in [-0.25, -0.2) is 0 Å². The molecule has 1 amide bonds. The number of halogens is 2. The largest absolute Gasteiger partial charge is 0.507 e. The second-order valence-electron chi connectivity index (χ2n) is 7.10. The van der Waals surface area contributed by atoms with Crippen molar-refractivity contribution in [1.29, 1.82) is 0 Å². The van der Waals surface area contributed by atoms with Gasteiger partial charge in [-0.05, 0) is 36.4 Å². The maximum Gasteiger partial charge on any atom is 0.300 e. The topological polar surface area (TPSA) is 89.0 Å². The van der Waals surface area contributed by atoms with Crippen molar-refractivity contribution in [1.82, 2.24) is 4.98 Å². The summed E-state index contributed by atoms with van der Waals surface area (Å²) in [7, 11) is 2.91. The van der Waals surface area contributed by atoms with E-state index in [0.29, 0.717) is 17.1 Å². The van der Waals surface area contributed by atoms with Gasteiger partial charge in [-0.15, -0.1) is 0 Å². The first kappa shape index (κ1) is 22.6. The highest BCUT2D eigenvalue weighted by Crippen LogP contribution is 2.43. The first-order valence-corrected chi connectivity index (χ1v) is 10.5. The van der Waals surface area contributed by atoms with Crippen molar-refractivity contribution in [3.8, 4) is 11.5 Å². The molecule has 2 aromatic carbocycles. The summed E-state index contributed by atoms with van der Waals surface area (Å²) in [5.41, 5.74) is 0.831. The van der Waals surface area contributed by atoms with Crippen LogP contribution in [0.3, 0.4) is 0 Å². The van der Waals surface area contributed by atoms with Crippen molar-refractivity contribution >= 4 is 46.3 Å². The van der Waals surface area contributed by atoms with Crippen LogP contribution in [0.4, 0.5) is 5.69 Å². The van der Waals surface area contributed by atoms with Gasteiger partial charge < -0.3 is 14.6 Å². The predicted octanol–water partition coefficient (Wildman–Crippen LogP) is 5.03. The van der Waals surface area contributed by atoms with Crippen LogP contribution in [0.2, 0.25) is 10.0 Å². The van der Waals surface area contributed by atoms with Crippen LogP contribution in [0.5, 0.6) is 11.5 Å². The summed E-state index contributed by atoms with van der Waals surface area (Å²) < 4.78 is 10.4. The summed E-state index contributed by atoms with van der Waals surface area (Å²) in [4.78, 5) is 32.0. The standard InChI is InChI=1S/C24H18Cl2N2O5/c1-32-15-7-5-6-14(12-15)28-20(18-8-3-4-9-27-18)19(22(30)24(28)31)21(29)13-10-16(25)23(33-2)17(26)11-13/h3-12,20,29H,1-2H3/b21-19+. The number of pyridine rings is 1. The number of Topliss-reactive ketones (excluding diaryl/α,β-unsaturated/α-hetero) is 1. The summed E-state index contributed by atoms with van der Waals surface area (Å²) in [6.07, 6.45) is 1.54. The second kappa shape index (κ2) is 9.13. The van der Waals surface area contributed by atoms with Crippen molar-refractivity contribution in [2.45, 2.75) is 6.04 Å². The Morgan fingerprint density at radius 3 is 2.33 bits per heavy atom. The number of ketones is 1. The fraction of sp³-hybridized carbons (Fsp3) is 0.125. The average molecular weight is 485 g/mol. The number of amides is 1. The van der Waals surface area contributed by atoms with Crippen molar-refractivity contribution in [3.05, 3.63) is 87.7 Å². The minimum atomic E-state index is -0.988. The maximum absolute atomic E-state index is 13.2. The van der Waals surface area contributed by atoms with Gasteiger partial charge in [-0.1, -0.05) is 35.3 Å². The zero-order valence-corrected chi connectivity index (χ0v) is 19.1. The molecule has 0 saturated carbocycles. The molecule has 4 rings (SSSR count). The lowest BCUT2D eigenvalue weighted by molar-refractivity contribution is -0.132. The summed E-state index contributed by atoms with van der Waals surface area (Å²) in [6, 6.07) is 13.7. The molecule has 9 heteroatoms. The molecule has 0 spiro atoms. The second-order valence-corrected chi connectivity index (χ2v) is 7.91. The third-order valence-electron chi connectivity index (χ3n) is 5.22.